The summed E-state index contributed by atoms with van der Waals surface area (Å²) in [5.74, 6) is 1.10. The van der Waals surface area contributed by atoms with Crippen LogP contribution in [0.5, 0.6) is 0 Å². The van der Waals surface area contributed by atoms with E-state index in [-0.39, 0.29) is 0 Å². The van der Waals surface area contributed by atoms with Gasteiger partial charge in [-0.3, -0.25) is 0 Å². The highest BCUT2D eigenvalue weighted by molar-refractivity contribution is 5.12. The van der Waals surface area contributed by atoms with E-state index in [0.29, 0.717) is 5.41 Å². The Morgan fingerprint density at radius 1 is 1.33 bits per heavy atom. The molecule has 0 aliphatic heterocycles. The predicted octanol–water partition coefficient (Wildman–Crippen LogP) is 2.80. The van der Waals surface area contributed by atoms with Crippen molar-refractivity contribution in [3.05, 3.63) is 0 Å². The minimum atomic E-state index is 0.664. The van der Waals surface area contributed by atoms with Crippen molar-refractivity contribution in [3.8, 4) is 0 Å². The molecule has 2 atom stereocenters. The van der Waals surface area contributed by atoms with Gasteiger partial charge in [0.1, 0.15) is 0 Å². The van der Waals surface area contributed by atoms with Gasteiger partial charge in [0, 0.05) is 0 Å². The van der Waals surface area contributed by atoms with Gasteiger partial charge in [-0.2, -0.15) is 0 Å². The van der Waals surface area contributed by atoms with Gasteiger partial charge in [0.05, 0.1) is 0 Å². The molecule has 1 nitrogen and oxygen atoms in total. The zero-order valence-electron chi connectivity index (χ0n) is 8.98. The van der Waals surface area contributed by atoms with Gasteiger partial charge in [-0.15, -0.1) is 0 Å². The van der Waals surface area contributed by atoms with E-state index >= 15 is 0 Å². The van der Waals surface area contributed by atoms with Crippen molar-refractivity contribution in [3.63, 3.8) is 0 Å². The van der Waals surface area contributed by atoms with E-state index in [2.05, 4.69) is 20.8 Å². The lowest BCUT2D eigenvalue weighted by atomic mass is 9.78. The predicted molar refractivity (Wildman–Crippen MR) is 54.0 cm³/mol. The summed E-state index contributed by atoms with van der Waals surface area (Å²) < 4.78 is 0. The van der Waals surface area contributed by atoms with Crippen LogP contribution in [0.2, 0.25) is 0 Å². The molecule has 0 amide bonds. The van der Waals surface area contributed by atoms with E-state index in [9.17, 15) is 0 Å². The van der Waals surface area contributed by atoms with Crippen molar-refractivity contribution in [1.29, 1.82) is 0 Å². The first kappa shape index (κ1) is 10.0. The summed E-state index contributed by atoms with van der Waals surface area (Å²) in [5.41, 5.74) is 6.27. The summed E-state index contributed by atoms with van der Waals surface area (Å²) >= 11 is 0. The Morgan fingerprint density at radius 2 is 1.83 bits per heavy atom. The average molecular weight is 169 g/mol. The average Bonchev–Trinajstić information content (AvgIpc) is 2.56. The standard InChI is InChI=1S/C9H16.C2H7N/c1-8(2)5-4-7-6-9(7,8)3;1-2-3/h7H,4-6H2,1-3H3;2-3H2,1H3. The molecule has 2 rings (SSSR count). The Labute approximate surface area is 76.7 Å². The lowest BCUT2D eigenvalue weighted by Crippen LogP contribution is -2.18. The maximum atomic E-state index is 4.85. The first-order valence-corrected chi connectivity index (χ1v) is 5.18. The van der Waals surface area contributed by atoms with Crippen LogP contribution in [-0.4, -0.2) is 6.54 Å². The second-order valence-corrected chi connectivity index (χ2v) is 5.15. The van der Waals surface area contributed by atoms with Crippen LogP contribution in [0.3, 0.4) is 0 Å². The minimum Gasteiger partial charge on any atom is -0.331 e. The summed E-state index contributed by atoms with van der Waals surface area (Å²) in [4.78, 5) is 0. The molecule has 0 aromatic carbocycles. The molecule has 2 N–H and O–H groups in total. The summed E-state index contributed by atoms with van der Waals surface area (Å²) in [5, 5.41) is 0. The molecule has 2 fully saturated rings. The molecule has 1 heteroatoms. The molecule has 2 aliphatic carbocycles. The maximum Gasteiger partial charge on any atom is -0.0106 e. The Morgan fingerprint density at radius 3 is 1.92 bits per heavy atom. The van der Waals surface area contributed by atoms with Crippen LogP contribution in [-0.2, 0) is 0 Å². The van der Waals surface area contributed by atoms with Gasteiger partial charge in [0.2, 0.25) is 0 Å². The molecule has 0 aromatic rings. The Balaban J connectivity index is 0.000000213. The highest BCUT2D eigenvalue weighted by Gasteiger charge is 2.62. The van der Waals surface area contributed by atoms with Crippen molar-refractivity contribution in [2.75, 3.05) is 6.54 Å². The van der Waals surface area contributed by atoms with E-state index in [4.69, 9.17) is 5.73 Å². The zero-order valence-corrected chi connectivity index (χ0v) is 8.98. The first-order chi connectivity index (χ1) is 5.48. The van der Waals surface area contributed by atoms with E-state index < -0.39 is 0 Å². The van der Waals surface area contributed by atoms with Gasteiger partial charge < -0.3 is 5.73 Å². The fraction of sp³-hybridized carbons (Fsp3) is 1.00. The zero-order chi connectivity index (χ0) is 9.41. The lowest BCUT2D eigenvalue weighted by Gasteiger charge is -2.27. The maximum absolute atomic E-state index is 4.85. The summed E-state index contributed by atoms with van der Waals surface area (Å²) in [6, 6.07) is 0. The summed E-state index contributed by atoms with van der Waals surface area (Å²) in [6.07, 6.45) is 4.48. The lowest BCUT2D eigenvalue weighted by molar-refractivity contribution is 0.226. The van der Waals surface area contributed by atoms with Gasteiger partial charge in [0.15, 0.2) is 0 Å². The minimum absolute atomic E-state index is 0.664. The van der Waals surface area contributed by atoms with Crippen molar-refractivity contribution < 1.29 is 0 Å². The summed E-state index contributed by atoms with van der Waals surface area (Å²) in [7, 11) is 0. The smallest absolute Gasteiger partial charge is 0.0106 e. The summed E-state index contributed by atoms with van der Waals surface area (Å²) in [6.45, 7) is 9.98. The molecular formula is C11H23N. The first-order valence-electron chi connectivity index (χ1n) is 5.18. The Hall–Kier alpha value is -0.0400. The molecule has 0 saturated heterocycles. The van der Waals surface area contributed by atoms with Crippen molar-refractivity contribution >= 4 is 0 Å². The van der Waals surface area contributed by atoms with E-state index in [1.165, 1.54) is 19.3 Å². The van der Waals surface area contributed by atoms with Crippen LogP contribution in [0.15, 0.2) is 0 Å². The van der Waals surface area contributed by atoms with Crippen LogP contribution in [0, 0.1) is 16.7 Å². The van der Waals surface area contributed by atoms with Crippen molar-refractivity contribution in [2.24, 2.45) is 22.5 Å². The van der Waals surface area contributed by atoms with Crippen LogP contribution in [0.4, 0.5) is 0 Å². The normalized spacial score (nSPS) is 41.2. The van der Waals surface area contributed by atoms with Gasteiger partial charge >= 0.3 is 0 Å². The third kappa shape index (κ3) is 1.39. The number of rotatable bonds is 0. The Bertz CT molecular complexity index is 158. The van der Waals surface area contributed by atoms with Crippen LogP contribution in [0.1, 0.15) is 47.0 Å². The molecular weight excluding hydrogens is 146 g/mol. The topological polar surface area (TPSA) is 26.0 Å². The Kier molecular flexibility index (Phi) is 2.53. The molecule has 0 spiro atoms. The third-order valence-electron chi connectivity index (χ3n) is 4.08. The molecule has 2 aliphatic rings. The van der Waals surface area contributed by atoms with Crippen molar-refractivity contribution in [2.45, 2.75) is 47.0 Å². The number of hydrogen-bond donors (Lipinski definition) is 1. The molecule has 12 heavy (non-hydrogen) atoms. The number of hydrogen-bond acceptors (Lipinski definition) is 1. The van der Waals surface area contributed by atoms with Gasteiger partial charge in [-0.1, -0.05) is 27.7 Å². The van der Waals surface area contributed by atoms with Crippen LogP contribution >= 0.6 is 0 Å². The largest absolute Gasteiger partial charge is 0.331 e. The third-order valence-corrected chi connectivity index (χ3v) is 4.08. The molecule has 0 bridgehead atoms. The highest BCUT2D eigenvalue weighted by Crippen LogP contribution is 2.71. The monoisotopic (exact) mass is 169 g/mol. The molecule has 0 aromatic heterocycles. The SMILES string of the molecule is CC1(C)CCC2CC21C.CCN. The van der Waals surface area contributed by atoms with Crippen molar-refractivity contribution in [1.82, 2.24) is 0 Å². The van der Waals surface area contributed by atoms with Gasteiger partial charge in [0.25, 0.3) is 0 Å². The highest BCUT2D eigenvalue weighted by atomic mass is 14.7. The number of nitrogens with two attached hydrogens (primary N) is 1. The van der Waals surface area contributed by atoms with Gasteiger partial charge in [-0.05, 0) is 42.6 Å². The molecule has 0 heterocycles. The fourth-order valence-electron chi connectivity index (χ4n) is 2.52. The quantitative estimate of drug-likeness (QED) is 0.593. The molecule has 72 valence electrons. The van der Waals surface area contributed by atoms with E-state index in [0.717, 1.165) is 17.9 Å². The second kappa shape index (κ2) is 3.02. The second-order valence-electron chi connectivity index (χ2n) is 5.15. The van der Waals surface area contributed by atoms with E-state index in [1.54, 1.807) is 0 Å². The molecule has 0 radical (unpaired) electrons. The fourth-order valence-corrected chi connectivity index (χ4v) is 2.52. The number of fused-ring (bicyclic) bond motifs is 1. The van der Waals surface area contributed by atoms with Crippen LogP contribution < -0.4 is 5.73 Å². The van der Waals surface area contributed by atoms with E-state index in [1.807, 2.05) is 6.92 Å². The molecule has 2 saturated carbocycles. The van der Waals surface area contributed by atoms with Crippen LogP contribution in [0.25, 0.3) is 0 Å². The molecule has 2 unspecified atom stereocenters. The van der Waals surface area contributed by atoms with Gasteiger partial charge in [-0.25, -0.2) is 0 Å².